The first kappa shape index (κ1) is 28.6. The summed E-state index contributed by atoms with van der Waals surface area (Å²) in [7, 11) is 0. The predicted molar refractivity (Wildman–Crippen MR) is 111 cm³/mol. The SMILES string of the molecule is CC(C)CC(N)C(=O)N(C(=O)C(N)C(C)C)C(CCC(=O)O)(C(=O)O)C(=O)CC(C)O. The Hall–Kier alpha value is -2.37. The molecule has 4 atom stereocenters. The standard InChI is InChI=1S/C20H35N3O8/c1-10(2)8-13(21)17(28)23(18(29)16(22)11(3)4)20(19(30)31,7-6-15(26)27)14(25)9-12(5)24/h10-13,16,24H,6-9,21-22H2,1-5H3,(H,26,27)(H,30,31). The number of ketones is 1. The average Bonchev–Trinajstić information content (AvgIpc) is 2.61. The Morgan fingerprint density at radius 3 is 1.81 bits per heavy atom. The monoisotopic (exact) mass is 445 g/mol. The van der Waals surface area contributed by atoms with Crippen molar-refractivity contribution >= 4 is 29.5 Å². The number of imide groups is 1. The van der Waals surface area contributed by atoms with Crippen LogP contribution < -0.4 is 11.5 Å². The fraction of sp³-hybridized carbons (Fsp3) is 0.750. The van der Waals surface area contributed by atoms with Crippen LogP contribution in [-0.2, 0) is 24.0 Å². The number of hydrogen-bond acceptors (Lipinski definition) is 8. The van der Waals surface area contributed by atoms with Gasteiger partial charge in [-0.05, 0) is 31.6 Å². The summed E-state index contributed by atoms with van der Waals surface area (Å²) in [5.41, 5.74) is 8.96. The molecule has 31 heavy (non-hydrogen) atoms. The summed E-state index contributed by atoms with van der Waals surface area (Å²) in [6, 6.07) is -2.68. The van der Waals surface area contributed by atoms with E-state index in [1.54, 1.807) is 27.7 Å². The fourth-order valence-corrected chi connectivity index (χ4v) is 3.12. The maximum absolute atomic E-state index is 13.2. The van der Waals surface area contributed by atoms with E-state index in [0.717, 1.165) is 0 Å². The molecule has 0 spiro atoms. The van der Waals surface area contributed by atoms with Crippen LogP contribution in [0.2, 0.25) is 0 Å². The molecule has 0 rings (SSSR count). The first-order valence-electron chi connectivity index (χ1n) is 10.1. The topological polar surface area (TPSA) is 201 Å². The number of hydrogen-bond donors (Lipinski definition) is 5. The number of rotatable bonds is 13. The third kappa shape index (κ3) is 7.37. The van der Waals surface area contributed by atoms with Crippen LogP contribution in [0.5, 0.6) is 0 Å². The van der Waals surface area contributed by atoms with Crippen LogP contribution in [0.25, 0.3) is 0 Å². The predicted octanol–water partition coefficient (Wildman–Crippen LogP) is -0.273. The van der Waals surface area contributed by atoms with E-state index in [4.69, 9.17) is 16.6 Å². The number of carboxylic acids is 2. The minimum absolute atomic E-state index is 0.0821. The van der Waals surface area contributed by atoms with Crippen LogP contribution in [0.4, 0.5) is 0 Å². The second kappa shape index (κ2) is 11.9. The van der Waals surface area contributed by atoms with Gasteiger partial charge in [0.15, 0.2) is 5.78 Å². The van der Waals surface area contributed by atoms with Gasteiger partial charge in [-0.15, -0.1) is 0 Å². The van der Waals surface area contributed by atoms with Gasteiger partial charge in [0.05, 0.1) is 18.2 Å². The smallest absolute Gasteiger partial charge is 0.337 e. The van der Waals surface area contributed by atoms with Crippen molar-refractivity contribution in [2.24, 2.45) is 23.3 Å². The molecular weight excluding hydrogens is 410 g/mol. The van der Waals surface area contributed by atoms with Crippen molar-refractivity contribution in [2.45, 2.75) is 84.0 Å². The molecule has 178 valence electrons. The number of carboxylic acid groups (broad SMARTS) is 2. The zero-order valence-electron chi connectivity index (χ0n) is 18.7. The summed E-state index contributed by atoms with van der Waals surface area (Å²) in [4.78, 5) is 63.4. The summed E-state index contributed by atoms with van der Waals surface area (Å²) in [6.07, 6.45) is -3.66. The maximum atomic E-state index is 13.2. The highest BCUT2D eigenvalue weighted by Gasteiger charge is 2.57. The molecule has 0 saturated heterocycles. The second-order valence-corrected chi connectivity index (χ2v) is 8.55. The van der Waals surface area contributed by atoms with Crippen molar-refractivity contribution in [3.8, 4) is 0 Å². The van der Waals surface area contributed by atoms with Crippen molar-refractivity contribution in [2.75, 3.05) is 0 Å². The van der Waals surface area contributed by atoms with E-state index in [1.807, 2.05) is 0 Å². The lowest BCUT2D eigenvalue weighted by molar-refractivity contribution is -0.174. The number of nitrogens with zero attached hydrogens (tertiary/aromatic N) is 1. The minimum Gasteiger partial charge on any atom is -0.481 e. The summed E-state index contributed by atoms with van der Waals surface area (Å²) in [6.45, 7) is 7.87. The van der Waals surface area contributed by atoms with E-state index in [2.05, 4.69) is 0 Å². The van der Waals surface area contributed by atoms with Gasteiger partial charge in [0.25, 0.3) is 0 Å². The molecule has 4 unspecified atom stereocenters. The number of nitrogens with two attached hydrogens (primary N) is 2. The molecule has 0 aliphatic heterocycles. The van der Waals surface area contributed by atoms with Gasteiger partial charge >= 0.3 is 11.9 Å². The molecule has 0 aliphatic carbocycles. The summed E-state index contributed by atoms with van der Waals surface area (Å²) < 4.78 is 0. The molecule has 0 bridgehead atoms. The quantitative estimate of drug-likeness (QED) is 0.235. The van der Waals surface area contributed by atoms with Gasteiger partial charge in [0.1, 0.15) is 0 Å². The number of aliphatic hydroxyl groups excluding tert-OH is 1. The van der Waals surface area contributed by atoms with Gasteiger partial charge in [-0.2, -0.15) is 0 Å². The lowest BCUT2D eigenvalue weighted by atomic mass is 9.82. The van der Waals surface area contributed by atoms with Crippen LogP contribution in [0.15, 0.2) is 0 Å². The van der Waals surface area contributed by atoms with E-state index in [-0.39, 0.29) is 17.2 Å². The largest absolute Gasteiger partial charge is 0.481 e. The minimum atomic E-state index is -2.87. The first-order chi connectivity index (χ1) is 14.1. The molecule has 11 heteroatoms. The Balaban J connectivity index is 6.87. The van der Waals surface area contributed by atoms with Crippen molar-refractivity contribution in [3.63, 3.8) is 0 Å². The normalized spacial score (nSPS) is 16.3. The highest BCUT2D eigenvalue weighted by atomic mass is 16.4. The Labute approximate surface area is 181 Å². The molecule has 7 N–H and O–H groups in total. The molecule has 11 nitrogen and oxygen atoms in total. The Morgan fingerprint density at radius 2 is 1.45 bits per heavy atom. The highest BCUT2D eigenvalue weighted by Crippen LogP contribution is 2.29. The van der Waals surface area contributed by atoms with Crippen molar-refractivity contribution < 1.29 is 39.3 Å². The number of aliphatic hydroxyl groups is 1. The molecule has 0 aromatic rings. The van der Waals surface area contributed by atoms with E-state index in [1.165, 1.54) is 6.92 Å². The van der Waals surface area contributed by atoms with Crippen molar-refractivity contribution in [1.82, 2.24) is 4.90 Å². The second-order valence-electron chi connectivity index (χ2n) is 8.55. The van der Waals surface area contributed by atoms with Crippen molar-refractivity contribution in [3.05, 3.63) is 0 Å². The molecular formula is C20H35N3O8. The van der Waals surface area contributed by atoms with Crippen LogP contribution >= 0.6 is 0 Å². The number of Topliss-reactive ketones (excluding diaryl/α,β-unsaturated/α-hetero) is 1. The number of carbonyl (C=O) groups is 5. The van der Waals surface area contributed by atoms with Gasteiger partial charge in [-0.3, -0.25) is 24.1 Å². The zero-order valence-corrected chi connectivity index (χ0v) is 18.7. The van der Waals surface area contributed by atoms with Gasteiger partial charge in [0.2, 0.25) is 17.4 Å². The fourth-order valence-electron chi connectivity index (χ4n) is 3.12. The van der Waals surface area contributed by atoms with Crippen LogP contribution in [0.1, 0.15) is 60.3 Å². The van der Waals surface area contributed by atoms with Gasteiger partial charge in [0, 0.05) is 12.8 Å². The molecule has 0 heterocycles. The van der Waals surface area contributed by atoms with Crippen LogP contribution in [0.3, 0.4) is 0 Å². The molecule has 0 fully saturated rings. The van der Waals surface area contributed by atoms with Gasteiger partial charge in [-0.1, -0.05) is 27.7 Å². The average molecular weight is 446 g/mol. The van der Waals surface area contributed by atoms with Crippen molar-refractivity contribution in [1.29, 1.82) is 0 Å². The zero-order chi connectivity index (χ0) is 24.7. The lowest BCUT2D eigenvalue weighted by Gasteiger charge is -2.41. The lowest BCUT2D eigenvalue weighted by Crippen LogP contribution is -2.69. The van der Waals surface area contributed by atoms with Crippen LogP contribution in [-0.4, -0.2) is 73.5 Å². The Morgan fingerprint density at radius 1 is 0.935 bits per heavy atom. The van der Waals surface area contributed by atoms with E-state index >= 15 is 0 Å². The Bertz CT molecular complexity index is 692. The molecule has 0 radical (unpaired) electrons. The molecule has 2 amide bonds. The van der Waals surface area contributed by atoms with Gasteiger partial charge in [-0.25, -0.2) is 4.79 Å². The van der Waals surface area contributed by atoms with Crippen LogP contribution in [0, 0.1) is 11.8 Å². The molecule has 0 saturated carbocycles. The van der Waals surface area contributed by atoms with E-state index in [9.17, 15) is 34.2 Å². The molecule has 0 aromatic heterocycles. The third-order valence-electron chi connectivity index (χ3n) is 4.86. The van der Waals surface area contributed by atoms with Gasteiger partial charge < -0.3 is 26.8 Å². The third-order valence-corrected chi connectivity index (χ3v) is 4.86. The molecule has 0 aromatic carbocycles. The summed E-state index contributed by atoms with van der Waals surface area (Å²) in [5, 5.41) is 28.8. The first-order valence-corrected chi connectivity index (χ1v) is 10.1. The summed E-state index contributed by atoms with van der Waals surface area (Å²) in [5.74, 6) is -7.43. The number of amides is 2. The van der Waals surface area contributed by atoms with E-state index < -0.39 is 78.4 Å². The van der Waals surface area contributed by atoms with E-state index in [0.29, 0.717) is 0 Å². The highest BCUT2D eigenvalue weighted by molar-refractivity contribution is 6.16. The number of carbonyl (C=O) groups excluding carboxylic acids is 3. The summed E-state index contributed by atoms with van der Waals surface area (Å²) >= 11 is 0. The molecule has 0 aliphatic rings. The maximum Gasteiger partial charge on any atom is 0.337 e. The Kier molecular flexibility index (Phi) is 11.0. The number of aliphatic carboxylic acids is 2.